The monoisotopic (exact) mass is 164 g/mol. The Kier molecular flexibility index (Phi) is 1.71. The number of fused-ring (bicyclic) bond motifs is 1. The fraction of sp³-hybridized carbons (Fsp3) is 0.556. The molecule has 1 aliphatic carbocycles. The molecule has 0 aliphatic heterocycles. The average molecular weight is 164 g/mol. The summed E-state index contributed by atoms with van der Waals surface area (Å²) in [6.45, 7) is 2.00. The van der Waals surface area contributed by atoms with Gasteiger partial charge in [0, 0.05) is 12.0 Å². The van der Waals surface area contributed by atoms with Crippen LogP contribution in [-0.2, 0) is 19.3 Å². The number of hydrogen-bond acceptors (Lipinski definition) is 3. The Morgan fingerprint density at radius 1 is 1.33 bits per heavy atom. The van der Waals surface area contributed by atoms with Crippen molar-refractivity contribution >= 4 is 0 Å². The van der Waals surface area contributed by atoms with E-state index in [-0.39, 0.29) is 5.88 Å². The number of aryl methyl sites for hydroxylation is 2. The Morgan fingerprint density at radius 3 is 2.92 bits per heavy atom. The normalized spacial score (nSPS) is 14.8. The molecule has 0 amide bonds. The maximum atomic E-state index is 9.49. The van der Waals surface area contributed by atoms with Gasteiger partial charge < -0.3 is 5.11 Å². The molecule has 0 aromatic carbocycles. The second kappa shape index (κ2) is 2.73. The molecule has 0 radical (unpaired) electrons. The van der Waals surface area contributed by atoms with Gasteiger partial charge in [0.15, 0.2) is 0 Å². The number of nitrogens with zero attached hydrogens (tertiary/aromatic N) is 2. The molecule has 0 saturated carbocycles. The summed E-state index contributed by atoms with van der Waals surface area (Å²) in [5, 5.41) is 9.49. The van der Waals surface area contributed by atoms with E-state index >= 15 is 0 Å². The molecular formula is C9H12N2O. The summed E-state index contributed by atoms with van der Waals surface area (Å²) in [6.07, 6.45) is 3.83. The molecule has 0 spiro atoms. The standard InChI is InChI=1S/C9H12N2O/c1-2-8-10-7-5-3-4-6(7)9(12)11-8/h2-5H2,1H3,(H,10,11,12). The van der Waals surface area contributed by atoms with E-state index in [4.69, 9.17) is 0 Å². The highest BCUT2D eigenvalue weighted by molar-refractivity contribution is 5.33. The summed E-state index contributed by atoms with van der Waals surface area (Å²) in [5.74, 6) is 0.961. The molecule has 0 unspecified atom stereocenters. The molecule has 3 heteroatoms. The van der Waals surface area contributed by atoms with E-state index in [0.29, 0.717) is 0 Å². The molecule has 1 aliphatic rings. The summed E-state index contributed by atoms with van der Waals surface area (Å²) >= 11 is 0. The first-order chi connectivity index (χ1) is 5.81. The third-order valence-corrected chi connectivity index (χ3v) is 2.27. The molecule has 64 valence electrons. The summed E-state index contributed by atoms with van der Waals surface area (Å²) in [5.41, 5.74) is 2.02. The molecule has 12 heavy (non-hydrogen) atoms. The fourth-order valence-electron chi connectivity index (χ4n) is 1.62. The van der Waals surface area contributed by atoms with Crippen molar-refractivity contribution in [2.24, 2.45) is 0 Å². The van der Waals surface area contributed by atoms with Gasteiger partial charge in [0.2, 0.25) is 5.88 Å². The van der Waals surface area contributed by atoms with Crippen molar-refractivity contribution in [3.8, 4) is 5.88 Å². The zero-order valence-electron chi connectivity index (χ0n) is 7.17. The Bertz CT molecular complexity index is 310. The van der Waals surface area contributed by atoms with Crippen LogP contribution in [0.1, 0.15) is 30.4 Å². The van der Waals surface area contributed by atoms with Crippen LogP contribution in [0.15, 0.2) is 0 Å². The van der Waals surface area contributed by atoms with Crippen LogP contribution in [0.5, 0.6) is 5.88 Å². The quantitative estimate of drug-likeness (QED) is 0.679. The SMILES string of the molecule is CCc1nc(O)c2c(n1)CCC2. The van der Waals surface area contributed by atoms with Gasteiger partial charge >= 0.3 is 0 Å². The van der Waals surface area contributed by atoms with Gasteiger partial charge in [0.25, 0.3) is 0 Å². The van der Waals surface area contributed by atoms with Crippen molar-refractivity contribution in [3.05, 3.63) is 17.1 Å². The van der Waals surface area contributed by atoms with Crippen molar-refractivity contribution in [3.63, 3.8) is 0 Å². The summed E-state index contributed by atoms with van der Waals surface area (Å²) < 4.78 is 0. The van der Waals surface area contributed by atoms with E-state index in [1.54, 1.807) is 0 Å². The molecule has 1 heterocycles. The average Bonchev–Trinajstić information content (AvgIpc) is 2.52. The van der Waals surface area contributed by atoms with Crippen molar-refractivity contribution in [1.82, 2.24) is 9.97 Å². The largest absolute Gasteiger partial charge is 0.493 e. The minimum atomic E-state index is 0.203. The van der Waals surface area contributed by atoms with Crippen LogP contribution in [-0.4, -0.2) is 15.1 Å². The maximum absolute atomic E-state index is 9.49. The molecular weight excluding hydrogens is 152 g/mol. The second-order valence-corrected chi connectivity index (χ2v) is 3.10. The number of aromatic nitrogens is 2. The zero-order valence-corrected chi connectivity index (χ0v) is 7.17. The van der Waals surface area contributed by atoms with Crippen LogP contribution in [0, 0.1) is 0 Å². The van der Waals surface area contributed by atoms with Crippen molar-refractivity contribution in [2.45, 2.75) is 32.6 Å². The smallest absolute Gasteiger partial charge is 0.217 e. The van der Waals surface area contributed by atoms with E-state index in [1.165, 1.54) is 0 Å². The van der Waals surface area contributed by atoms with Crippen molar-refractivity contribution in [1.29, 1.82) is 0 Å². The van der Waals surface area contributed by atoms with Crippen LogP contribution in [0.3, 0.4) is 0 Å². The van der Waals surface area contributed by atoms with Gasteiger partial charge in [-0.25, -0.2) is 4.98 Å². The van der Waals surface area contributed by atoms with Crippen molar-refractivity contribution < 1.29 is 5.11 Å². The van der Waals surface area contributed by atoms with Gasteiger partial charge in [0.05, 0.1) is 5.69 Å². The van der Waals surface area contributed by atoms with Gasteiger partial charge in [0.1, 0.15) is 5.82 Å². The van der Waals surface area contributed by atoms with Gasteiger partial charge in [-0.3, -0.25) is 0 Å². The lowest BCUT2D eigenvalue weighted by Crippen LogP contribution is -1.98. The predicted octanol–water partition coefficient (Wildman–Crippen LogP) is 1.23. The molecule has 0 saturated heterocycles. The first-order valence-corrected chi connectivity index (χ1v) is 4.39. The Labute approximate surface area is 71.5 Å². The predicted molar refractivity (Wildman–Crippen MR) is 45.1 cm³/mol. The van der Waals surface area contributed by atoms with Crippen LogP contribution in [0.2, 0.25) is 0 Å². The molecule has 2 rings (SSSR count). The van der Waals surface area contributed by atoms with Crippen LogP contribution < -0.4 is 0 Å². The molecule has 0 atom stereocenters. The van der Waals surface area contributed by atoms with Crippen molar-refractivity contribution in [2.75, 3.05) is 0 Å². The number of aromatic hydroxyl groups is 1. The summed E-state index contributed by atoms with van der Waals surface area (Å²) in [4.78, 5) is 8.37. The Hall–Kier alpha value is -1.12. The lowest BCUT2D eigenvalue weighted by atomic mass is 10.2. The minimum absolute atomic E-state index is 0.203. The van der Waals surface area contributed by atoms with E-state index < -0.39 is 0 Å². The molecule has 1 aromatic heterocycles. The lowest BCUT2D eigenvalue weighted by molar-refractivity contribution is 0.442. The lowest BCUT2D eigenvalue weighted by Gasteiger charge is -2.02. The second-order valence-electron chi connectivity index (χ2n) is 3.10. The molecule has 0 fully saturated rings. The molecule has 0 bridgehead atoms. The third-order valence-electron chi connectivity index (χ3n) is 2.27. The minimum Gasteiger partial charge on any atom is -0.493 e. The third kappa shape index (κ3) is 1.05. The van der Waals surface area contributed by atoms with Gasteiger partial charge in [-0.1, -0.05) is 6.92 Å². The summed E-state index contributed by atoms with van der Waals surface area (Å²) in [7, 11) is 0. The first-order valence-electron chi connectivity index (χ1n) is 4.39. The highest BCUT2D eigenvalue weighted by Crippen LogP contribution is 2.26. The van der Waals surface area contributed by atoms with Gasteiger partial charge in [-0.05, 0) is 19.3 Å². The number of rotatable bonds is 1. The first kappa shape index (κ1) is 7.53. The topological polar surface area (TPSA) is 46.0 Å². The fourth-order valence-corrected chi connectivity index (χ4v) is 1.62. The van der Waals surface area contributed by atoms with Crippen LogP contribution in [0.25, 0.3) is 0 Å². The highest BCUT2D eigenvalue weighted by Gasteiger charge is 2.17. The number of hydrogen-bond donors (Lipinski definition) is 1. The highest BCUT2D eigenvalue weighted by atomic mass is 16.3. The van der Waals surface area contributed by atoms with Crippen LogP contribution >= 0.6 is 0 Å². The van der Waals surface area contributed by atoms with Gasteiger partial charge in [-0.2, -0.15) is 4.98 Å². The van der Waals surface area contributed by atoms with E-state index in [2.05, 4.69) is 9.97 Å². The van der Waals surface area contributed by atoms with Gasteiger partial charge in [-0.15, -0.1) is 0 Å². The Balaban J connectivity index is 2.51. The molecule has 1 aromatic rings. The van der Waals surface area contributed by atoms with E-state index in [1.807, 2.05) is 6.92 Å². The van der Waals surface area contributed by atoms with E-state index in [9.17, 15) is 5.11 Å². The summed E-state index contributed by atoms with van der Waals surface area (Å²) in [6, 6.07) is 0. The van der Waals surface area contributed by atoms with E-state index in [0.717, 1.165) is 42.8 Å². The maximum Gasteiger partial charge on any atom is 0.217 e. The molecule has 1 N–H and O–H groups in total. The van der Waals surface area contributed by atoms with Crippen LogP contribution in [0.4, 0.5) is 0 Å². The Morgan fingerprint density at radius 2 is 2.17 bits per heavy atom. The zero-order chi connectivity index (χ0) is 8.55. The molecule has 3 nitrogen and oxygen atoms in total.